The lowest BCUT2D eigenvalue weighted by atomic mass is 10.1. The number of methoxy groups -OCH3 is 1. The van der Waals surface area contributed by atoms with E-state index in [2.05, 4.69) is 27.0 Å². The summed E-state index contributed by atoms with van der Waals surface area (Å²) in [4.78, 5) is 25.2. The molecule has 6 nitrogen and oxygen atoms in total. The second-order valence-corrected chi connectivity index (χ2v) is 7.66. The number of ether oxygens (including phenoxy) is 1. The first-order valence-electron chi connectivity index (χ1n) is 10.4. The molecule has 1 fully saturated rings. The summed E-state index contributed by atoms with van der Waals surface area (Å²) < 4.78 is 5.23. The van der Waals surface area contributed by atoms with Gasteiger partial charge >= 0.3 is 0 Å². The van der Waals surface area contributed by atoms with E-state index in [0.717, 1.165) is 46.9 Å². The van der Waals surface area contributed by atoms with Crippen molar-refractivity contribution in [1.82, 2.24) is 14.9 Å². The largest absolute Gasteiger partial charge is 0.497 e. The number of aromatic amines is 1. The number of benzene rings is 3. The van der Waals surface area contributed by atoms with E-state index in [-0.39, 0.29) is 5.91 Å². The zero-order valence-corrected chi connectivity index (χ0v) is 17.4. The quantitative estimate of drug-likeness (QED) is 0.546. The number of anilines is 1. The number of hydrogen-bond acceptors (Lipinski definition) is 4. The van der Waals surface area contributed by atoms with Crippen molar-refractivity contribution in [1.29, 1.82) is 0 Å². The highest BCUT2D eigenvalue weighted by molar-refractivity contribution is 5.95. The highest BCUT2D eigenvalue weighted by atomic mass is 16.5. The molecule has 3 aromatic carbocycles. The average molecular weight is 412 g/mol. The van der Waals surface area contributed by atoms with Gasteiger partial charge in [-0.15, -0.1) is 0 Å². The smallest absolute Gasteiger partial charge is 0.253 e. The van der Waals surface area contributed by atoms with Gasteiger partial charge in [-0.1, -0.05) is 24.3 Å². The van der Waals surface area contributed by atoms with Crippen LogP contribution in [-0.4, -0.2) is 54.1 Å². The molecule has 1 aliphatic rings. The fourth-order valence-electron chi connectivity index (χ4n) is 4.00. The molecular weight excluding hydrogens is 388 g/mol. The summed E-state index contributed by atoms with van der Waals surface area (Å²) in [6.07, 6.45) is 0. The standard InChI is InChI=1S/C25H24N4O2/c1-31-21-12-10-20(11-13-21)28-14-16-29(17-15-28)25(30)19-8-6-18(7-9-19)24-26-22-4-2-3-5-23(22)27-24/h2-13H,14-17H2,1H3,(H,26,27). The molecule has 1 saturated heterocycles. The van der Waals surface area contributed by atoms with E-state index in [4.69, 9.17) is 4.74 Å². The van der Waals surface area contributed by atoms with E-state index >= 15 is 0 Å². The molecule has 1 aromatic heterocycles. The van der Waals surface area contributed by atoms with E-state index < -0.39 is 0 Å². The second kappa shape index (κ2) is 8.14. The third-order valence-corrected chi connectivity index (χ3v) is 5.80. The Labute approximate surface area is 181 Å². The van der Waals surface area contributed by atoms with Crippen LogP contribution in [0.1, 0.15) is 10.4 Å². The topological polar surface area (TPSA) is 61.5 Å². The SMILES string of the molecule is COc1ccc(N2CCN(C(=O)c3ccc(-c4nc5ccccc5[nH]4)cc3)CC2)cc1. The first-order chi connectivity index (χ1) is 15.2. The zero-order valence-electron chi connectivity index (χ0n) is 17.4. The van der Waals surface area contributed by atoms with Gasteiger partial charge < -0.3 is 19.5 Å². The number of nitrogens with one attached hydrogen (secondary N) is 1. The van der Waals surface area contributed by atoms with E-state index in [9.17, 15) is 4.79 Å². The Kier molecular flexibility index (Phi) is 5.04. The van der Waals surface area contributed by atoms with Crippen LogP contribution in [0.25, 0.3) is 22.4 Å². The van der Waals surface area contributed by atoms with Gasteiger partial charge in [-0.05, 0) is 48.5 Å². The highest BCUT2D eigenvalue weighted by Crippen LogP contribution is 2.23. The average Bonchev–Trinajstić information content (AvgIpc) is 3.28. The van der Waals surface area contributed by atoms with Crippen LogP contribution in [0.4, 0.5) is 5.69 Å². The van der Waals surface area contributed by atoms with Crippen molar-refractivity contribution < 1.29 is 9.53 Å². The summed E-state index contributed by atoms with van der Waals surface area (Å²) in [7, 11) is 1.67. The van der Waals surface area contributed by atoms with Gasteiger partial charge in [-0.25, -0.2) is 4.98 Å². The van der Waals surface area contributed by atoms with Gasteiger partial charge in [0.1, 0.15) is 11.6 Å². The predicted octanol–water partition coefficient (Wildman–Crippen LogP) is 4.20. The molecule has 0 saturated carbocycles. The molecule has 0 aliphatic carbocycles. The Morgan fingerprint density at radius 1 is 0.903 bits per heavy atom. The summed E-state index contributed by atoms with van der Waals surface area (Å²) >= 11 is 0. The van der Waals surface area contributed by atoms with Gasteiger partial charge in [0.05, 0.1) is 18.1 Å². The van der Waals surface area contributed by atoms with Crippen LogP contribution in [0.2, 0.25) is 0 Å². The Bertz CT molecular complexity index is 1160. The maximum Gasteiger partial charge on any atom is 0.253 e. The van der Waals surface area contributed by atoms with Crippen molar-refractivity contribution in [3.8, 4) is 17.1 Å². The molecule has 4 aromatic rings. The molecule has 6 heteroatoms. The van der Waals surface area contributed by atoms with Crippen LogP contribution in [0, 0.1) is 0 Å². The molecule has 0 spiro atoms. The fraction of sp³-hybridized carbons (Fsp3) is 0.200. The number of nitrogens with zero attached hydrogens (tertiary/aromatic N) is 3. The summed E-state index contributed by atoms with van der Waals surface area (Å²) in [5.74, 6) is 1.74. The Morgan fingerprint density at radius 2 is 1.61 bits per heavy atom. The molecule has 156 valence electrons. The fourth-order valence-corrected chi connectivity index (χ4v) is 4.00. The second-order valence-electron chi connectivity index (χ2n) is 7.66. The van der Waals surface area contributed by atoms with Crippen molar-refractivity contribution >= 4 is 22.6 Å². The Balaban J connectivity index is 1.24. The lowest BCUT2D eigenvalue weighted by Crippen LogP contribution is -2.48. The van der Waals surface area contributed by atoms with Crippen LogP contribution in [0.3, 0.4) is 0 Å². The highest BCUT2D eigenvalue weighted by Gasteiger charge is 2.22. The van der Waals surface area contributed by atoms with E-state index in [1.807, 2.05) is 65.6 Å². The molecule has 0 radical (unpaired) electrons. The summed E-state index contributed by atoms with van der Waals surface area (Å²) in [6.45, 7) is 3.04. The third-order valence-electron chi connectivity index (χ3n) is 5.80. The number of rotatable bonds is 4. The van der Waals surface area contributed by atoms with Crippen LogP contribution in [-0.2, 0) is 0 Å². The molecule has 0 unspecified atom stereocenters. The maximum absolute atomic E-state index is 13.0. The number of carbonyl (C=O) groups excluding carboxylic acids is 1. The van der Waals surface area contributed by atoms with Crippen LogP contribution in [0.15, 0.2) is 72.8 Å². The number of aromatic nitrogens is 2. The molecule has 2 heterocycles. The van der Waals surface area contributed by atoms with Gasteiger partial charge in [-0.2, -0.15) is 0 Å². The number of piperazine rings is 1. The van der Waals surface area contributed by atoms with Crippen LogP contribution in [0.5, 0.6) is 5.75 Å². The van der Waals surface area contributed by atoms with Crippen molar-refractivity contribution in [2.24, 2.45) is 0 Å². The number of amides is 1. The van der Waals surface area contributed by atoms with Crippen LogP contribution < -0.4 is 9.64 Å². The number of para-hydroxylation sites is 2. The number of carbonyl (C=O) groups is 1. The first kappa shape index (κ1) is 19.2. The molecule has 31 heavy (non-hydrogen) atoms. The lowest BCUT2D eigenvalue weighted by molar-refractivity contribution is 0.0747. The zero-order chi connectivity index (χ0) is 21.2. The molecule has 1 aliphatic heterocycles. The molecule has 1 N–H and O–H groups in total. The van der Waals surface area contributed by atoms with Gasteiger partial charge in [0.25, 0.3) is 5.91 Å². The first-order valence-corrected chi connectivity index (χ1v) is 10.4. The minimum absolute atomic E-state index is 0.0746. The summed E-state index contributed by atoms with van der Waals surface area (Å²) in [5, 5.41) is 0. The minimum Gasteiger partial charge on any atom is -0.497 e. The van der Waals surface area contributed by atoms with Gasteiger partial charge in [0, 0.05) is 43.0 Å². The van der Waals surface area contributed by atoms with E-state index in [1.54, 1.807) is 7.11 Å². The number of imidazole rings is 1. The van der Waals surface area contributed by atoms with Gasteiger partial charge in [0.2, 0.25) is 0 Å². The van der Waals surface area contributed by atoms with Crippen molar-refractivity contribution in [3.05, 3.63) is 78.4 Å². The Hall–Kier alpha value is -3.80. The lowest BCUT2D eigenvalue weighted by Gasteiger charge is -2.36. The van der Waals surface area contributed by atoms with Crippen molar-refractivity contribution in [2.45, 2.75) is 0 Å². The predicted molar refractivity (Wildman–Crippen MR) is 123 cm³/mol. The molecular formula is C25H24N4O2. The number of H-pyrrole nitrogens is 1. The maximum atomic E-state index is 13.0. The van der Waals surface area contributed by atoms with Crippen LogP contribution >= 0.6 is 0 Å². The van der Waals surface area contributed by atoms with Gasteiger partial charge in [0.15, 0.2) is 0 Å². The minimum atomic E-state index is 0.0746. The summed E-state index contributed by atoms with van der Waals surface area (Å²) in [5.41, 5.74) is 4.78. The number of hydrogen-bond donors (Lipinski definition) is 1. The molecule has 0 atom stereocenters. The van der Waals surface area contributed by atoms with Crippen molar-refractivity contribution in [2.75, 3.05) is 38.2 Å². The summed E-state index contributed by atoms with van der Waals surface area (Å²) in [6, 6.07) is 23.7. The van der Waals surface area contributed by atoms with Gasteiger partial charge in [-0.3, -0.25) is 4.79 Å². The molecule has 1 amide bonds. The van der Waals surface area contributed by atoms with Crippen molar-refractivity contribution in [3.63, 3.8) is 0 Å². The van der Waals surface area contributed by atoms with E-state index in [0.29, 0.717) is 18.7 Å². The Morgan fingerprint density at radius 3 is 2.29 bits per heavy atom. The molecule has 5 rings (SSSR count). The third kappa shape index (κ3) is 3.84. The van der Waals surface area contributed by atoms with E-state index in [1.165, 1.54) is 0 Å². The normalized spacial score (nSPS) is 14.1. The number of fused-ring (bicyclic) bond motifs is 1. The monoisotopic (exact) mass is 412 g/mol. The molecule has 0 bridgehead atoms.